The van der Waals surface area contributed by atoms with Crippen LogP contribution >= 0.6 is 28.3 Å². The fourth-order valence-corrected chi connectivity index (χ4v) is 5.86. The summed E-state index contributed by atoms with van der Waals surface area (Å²) < 4.78 is 0. The van der Waals surface area contributed by atoms with Crippen molar-refractivity contribution >= 4 is 28.3 Å². The van der Waals surface area contributed by atoms with E-state index in [0.29, 0.717) is 7.92 Å². The largest absolute Gasteiger partial charge is 0.162 e. The van der Waals surface area contributed by atoms with Crippen molar-refractivity contribution < 1.29 is 0 Å². The standard InChI is InChI=1S/C10H24P2S/c1-4-12(5-2)9-7-11-8-10-13-6-3/h11H,4-10H2,1-3H3. The third-order valence-corrected chi connectivity index (χ3v) is 7.66. The molecule has 0 saturated heterocycles. The van der Waals surface area contributed by atoms with E-state index in [2.05, 4.69) is 32.5 Å². The summed E-state index contributed by atoms with van der Waals surface area (Å²) in [7, 11) is 1.66. The van der Waals surface area contributed by atoms with Crippen LogP contribution in [0.2, 0.25) is 0 Å². The van der Waals surface area contributed by atoms with Crippen LogP contribution in [0.3, 0.4) is 0 Å². The van der Waals surface area contributed by atoms with Gasteiger partial charge in [-0.1, -0.05) is 20.8 Å². The minimum Gasteiger partial charge on any atom is -0.162 e. The second-order valence-corrected chi connectivity index (χ2v) is 8.92. The summed E-state index contributed by atoms with van der Waals surface area (Å²) in [6.45, 7) is 6.96. The molecule has 0 aliphatic rings. The van der Waals surface area contributed by atoms with Crippen LogP contribution in [-0.2, 0) is 0 Å². The molecule has 0 heterocycles. The molecule has 0 aromatic carbocycles. The molecule has 0 bridgehead atoms. The quantitative estimate of drug-likeness (QED) is 0.433. The summed E-state index contributed by atoms with van der Waals surface area (Å²) in [5.74, 6) is 2.69. The Morgan fingerprint density at radius 3 is 2.31 bits per heavy atom. The lowest BCUT2D eigenvalue weighted by Gasteiger charge is -2.12. The van der Waals surface area contributed by atoms with Crippen LogP contribution in [0, 0.1) is 0 Å². The molecule has 1 unspecified atom stereocenters. The van der Waals surface area contributed by atoms with Crippen LogP contribution < -0.4 is 0 Å². The Hall–Kier alpha value is 1.21. The summed E-state index contributed by atoms with van der Waals surface area (Å²) >= 11 is 2.09. The van der Waals surface area contributed by atoms with E-state index >= 15 is 0 Å². The predicted octanol–water partition coefficient (Wildman–Crippen LogP) is 3.94. The molecule has 1 atom stereocenters. The molecule has 0 aromatic heterocycles. The van der Waals surface area contributed by atoms with Gasteiger partial charge in [0, 0.05) is 0 Å². The monoisotopic (exact) mass is 238 g/mol. The lowest BCUT2D eigenvalue weighted by atomic mass is 10.9. The van der Waals surface area contributed by atoms with Gasteiger partial charge in [-0.25, -0.2) is 0 Å². The van der Waals surface area contributed by atoms with Gasteiger partial charge in [0.15, 0.2) is 0 Å². The molecule has 0 saturated carbocycles. The van der Waals surface area contributed by atoms with Crippen LogP contribution in [0.25, 0.3) is 0 Å². The van der Waals surface area contributed by atoms with E-state index in [4.69, 9.17) is 0 Å². The molecule has 3 heteroatoms. The zero-order valence-electron chi connectivity index (χ0n) is 9.31. The first-order chi connectivity index (χ1) is 6.35. The highest BCUT2D eigenvalue weighted by molar-refractivity contribution is 7.99. The van der Waals surface area contributed by atoms with Crippen LogP contribution in [0.15, 0.2) is 0 Å². The number of rotatable bonds is 9. The van der Waals surface area contributed by atoms with Crippen molar-refractivity contribution in [3.63, 3.8) is 0 Å². The Morgan fingerprint density at radius 2 is 1.77 bits per heavy atom. The average Bonchev–Trinajstić information content (AvgIpc) is 2.17. The number of thioether (sulfide) groups is 1. The highest BCUT2D eigenvalue weighted by Gasteiger charge is 2.00. The van der Waals surface area contributed by atoms with Gasteiger partial charge in [0.25, 0.3) is 0 Å². The van der Waals surface area contributed by atoms with E-state index in [-0.39, 0.29) is 0 Å². The fourth-order valence-electron chi connectivity index (χ4n) is 1.19. The molecule has 0 spiro atoms. The highest BCUT2D eigenvalue weighted by Crippen LogP contribution is 2.35. The van der Waals surface area contributed by atoms with Gasteiger partial charge >= 0.3 is 0 Å². The van der Waals surface area contributed by atoms with Gasteiger partial charge in [0.1, 0.15) is 0 Å². The third kappa shape index (κ3) is 9.51. The number of hydrogen-bond acceptors (Lipinski definition) is 1. The summed E-state index contributed by atoms with van der Waals surface area (Å²) in [6.07, 6.45) is 7.41. The SMILES string of the molecule is CCSCCPCCP(CC)CC. The molecular formula is C10H24P2S. The maximum absolute atomic E-state index is 2.35. The molecule has 0 aromatic rings. The first-order valence-corrected chi connectivity index (χ1v) is 9.82. The Balaban J connectivity index is 3.05. The van der Waals surface area contributed by atoms with Crippen molar-refractivity contribution in [2.75, 3.05) is 42.3 Å². The Labute approximate surface area is 91.6 Å². The zero-order valence-corrected chi connectivity index (χ0v) is 12.0. The van der Waals surface area contributed by atoms with Crippen LogP contribution in [0.4, 0.5) is 0 Å². The normalized spacial score (nSPS) is 12.0. The molecule has 0 fully saturated rings. The van der Waals surface area contributed by atoms with Gasteiger partial charge in [-0.05, 0) is 42.3 Å². The van der Waals surface area contributed by atoms with Crippen molar-refractivity contribution in [2.24, 2.45) is 0 Å². The van der Waals surface area contributed by atoms with Crippen molar-refractivity contribution in [2.45, 2.75) is 20.8 Å². The van der Waals surface area contributed by atoms with Crippen molar-refractivity contribution in [1.82, 2.24) is 0 Å². The third-order valence-electron chi connectivity index (χ3n) is 2.13. The maximum Gasteiger partial charge on any atom is -0.00306 e. The molecular weight excluding hydrogens is 214 g/mol. The first-order valence-electron chi connectivity index (χ1n) is 5.35. The summed E-state index contributed by atoms with van der Waals surface area (Å²) in [5.41, 5.74) is 0. The molecule has 0 aliphatic carbocycles. The van der Waals surface area contributed by atoms with Gasteiger partial charge in [-0.3, -0.25) is 0 Å². The highest BCUT2D eigenvalue weighted by atomic mass is 32.2. The minimum absolute atomic E-state index is 0.419. The van der Waals surface area contributed by atoms with E-state index in [1.165, 1.54) is 50.9 Å². The minimum atomic E-state index is 0.419. The lowest BCUT2D eigenvalue weighted by Crippen LogP contribution is -1.93. The maximum atomic E-state index is 2.35. The van der Waals surface area contributed by atoms with Gasteiger partial charge in [-0.15, -0.1) is 16.5 Å². The summed E-state index contributed by atoms with van der Waals surface area (Å²) in [5, 5.41) is 0. The number of hydrogen-bond donors (Lipinski definition) is 0. The Bertz CT molecular complexity index is 94.9. The first kappa shape index (κ1) is 14.2. The Morgan fingerprint density at radius 1 is 1.08 bits per heavy atom. The predicted molar refractivity (Wildman–Crippen MR) is 73.9 cm³/mol. The fraction of sp³-hybridized carbons (Fsp3) is 1.00. The molecule has 0 nitrogen and oxygen atoms in total. The molecule has 0 radical (unpaired) electrons. The van der Waals surface area contributed by atoms with E-state index in [0.717, 1.165) is 0 Å². The zero-order chi connectivity index (χ0) is 9.94. The van der Waals surface area contributed by atoms with Crippen LogP contribution in [0.1, 0.15) is 20.8 Å². The lowest BCUT2D eigenvalue weighted by molar-refractivity contribution is 1.35. The van der Waals surface area contributed by atoms with Gasteiger partial charge < -0.3 is 0 Å². The van der Waals surface area contributed by atoms with Crippen molar-refractivity contribution in [1.29, 1.82) is 0 Å². The van der Waals surface area contributed by atoms with E-state index in [9.17, 15) is 0 Å². The molecule has 0 amide bonds. The topological polar surface area (TPSA) is 0 Å². The molecule has 0 rings (SSSR count). The molecule has 0 aliphatic heterocycles. The van der Waals surface area contributed by atoms with Crippen molar-refractivity contribution in [3.05, 3.63) is 0 Å². The van der Waals surface area contributed by atoms with E-state index < -0.39 is 0 Å². The van der Waals surface area contributed by atoms with Gasteiger partial charge in [-0.2, -0.15) is 11.8 Å². The summed E-state index contributed by atoms with van der Waals surface area (Å²) in [6, 6.07) is 0. The molecule has 0 N–H and O–H groups in total. The van der Waals surface area contributed by atoms with Crippen molar-refractivity contribution in [3.8, 4) is 0 Å². The average molecular weight is 238 g/mol. The van der Waals surface area contributed by atoms with E-state index in [1.807, 2.05) is 0 Å². The van der Waals surface area contributed by atoms with Gasteiger partial charge in [0.2, 0.25) is 0 Å². The second kappa shape index (κ2) is 11.3. The van der Waals surface area contributed by atoms with Gasteiger partial charge in [0.05, 0.1) is 0 Å². The molecule has 80 valence electrons. The second-order valence-electron chi connectivity index (χ2n) is 2.97. The van der Waals surface area contributed by atoms with Crippen LogP contribution in [-0.4, -0.2) is 42.3 Å². The Kier molecular flexibility index (Phi) is 12.3. The summed E-state index contributed by atoms with van der Waals surface area (Å²) in [4.78, 5) is 0. The molecule has 13 heavy (non-hydrogen) atoms. The van der Waals surface area contributed by atoms with E-state index in [1.54, 1.807) is 0 Å². The van der Waals surface area contributed by atoms with Crippen LogP contribution in [0.5, 0.6) is 0 Å². The smallest absolute Gasteiger partial charge is 0.00306 e.